The third-order valence-corrected chi connectivity index (χ3v) is 6.15. The van der Waals surface area contributed by atoms with E-state index in [0.29, 0.717) is 25.4 Å². The zero-order chi connectivity index (χ0) is 24.5. The van der Waals surface area contributed by atoms with Gasteiger partial charge in [-0.05, 0) is 39.9 Å². The summed E-state index contributed by atoms with van der Waals surface area (Å²) in [4.78, 5) is 33.8. The number of carbonyl (C=O) groups excluding carboxylic acids is 2. The number of hydrogen-bond acceptors (Lipinski definition) is 7. The van der Waals surface area contributed by atoms with Crippen LogP contribution in [0, 0.1) is 0 Å². The molecule has 0 saturated carbocycles. The maximum atomic E-state index is 12.8. The van der Waals surface area contributed by atoms with Crippen molar-refractivity contribution in [1.82, 2.24) is 20.3 Å². The highest BCUT2D eigenvalue weighted by molar-refractivity contribution is 9.10. The molecule has 0 atom stereocenters. The van der Waals surface area contributed by atoms with E-state index in [4.69, 9.17) is 27.9 Å². The Labute approximate surface area is 219 Å². The minimum absolute atomic E-state index is 0.0546. The summed E-state index contributed by atoms with van der Waals surface area (Å²) in [5.41, 5.74) is 4.27. The van der Waals surface area contributed by atoms with Crippen LogP contribution in [0.2, 0.25) is 10.0 Å². The summed E-state index contributed by atoms with van der Waals surface area (Å²) >= 11 is 17.1. The predicted octanol–water partition coefficient (Wildman–Crippen LogP) is 5.66. The number of nitrogens with one attached hydrogen (secondary N) is 2. The van der Waals surface area contributed by atoms with Crippen LogP contribution >= 0.6 is 50.9 Å². The topological polar surface area (TPSA) is 96.5 Å². The van der Waals surface area contributed by atoms with E-state index in [0.717, 1.165) is 5.56 Å². The van der Waals surface area contributed by atoms with Gasteiger partial charge in [-0.25, -0.2) is 19.8 Å². The summed E-state index contributed by atoms with van der Waals surface area (Å²) in [6, 6.07) is 14.2. The number of aromatic nitrogens is 2. The molecule has 0 saturated heterocycles. The van der Waals surface area contributed by atoms with Crippen LogP contribution in [-0.4, -0.2) is 46.3 Å². The number of hydrogen-bond donors (Lipinski definition) is 2. The van der Waals surface area contributed by atoms with Gasteiger partial charge in [0, 0.05) is 12.7 Å². The van der Waals surface area contributed by atoms with Crippen molar-refractivity contribution in [3.63, 3.8) is 0 Å². The van der Waals surface area contributed by atoms with E-state index in [1.807, 2.05) is 36.6 Å². The Balaban J connectivity index is 1.69. The fourth-order valence-electron chi connectivity index (χ4n) is 2.70. The van der Waals surface area contributed by atoms with Gasteiger partial charge in [-0.2, -0.15) is 0 Å². The highest BCUT2D eigenvalue weighted by Gasteiger charge is 2.20. The van der Waals surface area contributed by atoms with Crippen molar-refractivity contribution < 1.29 is 14.3 Å². The third kappa shape index (κ3) is 7.23. The number of rotatable bonds is 9. The van der Waals surface area contributed by atoms with Crippen LogP contribution in [0.15, 0.2) is 64.4 Å². The smallest absolute Gasteiger partial charge is 0.428 e. The van der Waals surface area contributed by atoms with E-state index in [9.17, 15) is 9.59 Å². The average Bonchev–Trinajstić information content (AvgIpc) is 2.84. The number of benzene rings is 2. The summed E-state index contributed by atoms with van der Waals surface area (Å²) < 4.78 is 5.89. The summed E-state index contributed by atoms with van der Waals surface area (Å²) in [7, 11) is 0. The van der Waals surface area contributed by atoms with Crippen molar-refractivity contribution in [2.24, 2.45) is 0 Å². The number of para-hydroxylation sites is 1. The third-order valence-electron chi connectivity index (χ3n) is 4.38. The molecule has 12 heteroatoms. The van der Waals surface area contributed by atoms with Gasteiger partial charge in [-0.15, -0.1) is 0 Å². The van der Waals surface area contributed by atoms with Crippen LogP contribution in [0.5, 0.6) is 0 Å². The van der Waals surface area contributed by atoms with Gasteiger partial charge in [0.2, 0.25) is 0 Å². The molecule has 1 aromatic heterocycles. The van der Waals surface area contributed by atoms with Gasteiger partial charge in [0.05, 0.1) is 26.8 Å². The molecule has 0 aliphatic rings. The fourth-order valence-corrected chi connectivity index (χ4v) is 3.90. The Morgan fingerprint density at radius 3 is 2.50 bits per heavy atom. The molecule has 3 aromatic rings. The maximum absolute atomic E-state index is 12.8. The summed E-state index contributed by atoms with van der Waals surface area (Å²) in [5, 5.41) is 5.05. The summed E-state index contributed by atoms with van der Waals surface area (Å²) in [6.07, 6.45) is 2.67. The lowest BCUT2D eigenvalue weighted by molar-refractivity contribution is 0.0919. The molecular weight excluding hydrogens is 565 g/mol. The Kier molecular flexibility index (Phi) is 9.82. The number of hydrazine groups is 1. The van der Waals surface area contributed by atoms with Crippen LogP contribution in [0.3, 0.4) is 0 Å². The maximum Gasteiger partial charge on any atom is 0.428 e. The lowest BCUT2D eigenvalue weighted by atomic mass is 10.2. The van der Waals surface area contributed by atoms with E-state index in [1.165, 1.54) is 23.0 Å². The second kappa shape index (κ2) is 12.8. The zero-order valence-electron chi connectivity index (χ0n) is 17.9. The molecule has 2 amide bonds. The zero-order valence-corrected chi connectivity index (χ0v) is 21.8. The van der Waals surface area contributed by atoms with Gasteiger partial charge < -0.3 is 10.1 Å². The Bertz CT molecular complexity index is 1140. The molecular formula is C22H20BrCl2N5O3S. The van der Waals surface area contributed by atoms with Gasteiger partial charge in [0.25, 0.3) is 5.91 Å². The summed E-state index contributed by atoms with van der Waals surface area (Å²) in [5.74, 6) is -0.419. The van der Waals surface area contributed by atoms with Crippen molar-refractivity contribution in [3.8, 4) is 0 Å². The fraction of sp³-hybridized carbons (Fsp3) is 0.182. The molecule has 3 rings (SSSR count). The molecule has 0 fully saturated rings. The lowest BCUT2D eigenvalue weighted by Gasteiger charge is -2.25. The molecule has 0 unspecified atom stereocenters. The number of halogens is 3. The molecule has 1 heterocycles. The second-order valence-electron chi connectivity index (χ2n) is 6.71. The largest absolute Gasteiger partial charge is 0.443 e. The highest BCUT2D eigenvalue weighted by Crippen LogP contribution is 2.30. The Morgan fingerprint density at radius 1 is 1.12 bits per heavy atom. The van der Waals surface area contributed by atoms with Crippen molar-refractivity contribution in [2.75, 3.05) is 24.8 Å². The molecule has 0 spiro atoms. The normalized spacial score (nSPS) is 10.5. The van der Waals surface area contributed by atoms with Crippen LogP contribution in [0.25, 0.3) is 0 Å². The Hall–Kier alpha value is -2.53. The van der Waals surface area contributed by atoms with E-state index in [2.05, 4.69) is 36.6 Å². The van der Waals surface area contributed by atoms with E-state index in [1.54, 1.807) is 18.2 Å². The van der Waals surface area contributed by atoms with Crippen molar-refractivity contribution in [1.29, 1.82) is 0 Å². The minimum Gasteiger partial charge on any atom is -0.443 e. The molecule has 178 valence electrons. The molecule has 0 bridgehead atoms. The molecule has 0 radical (unpaired) electrons. The monoisotopic (exact) mass is 583 g/mol. The number of nitrogens with zero attached hydrogens (tertiary/aromatic N) is 3. The van der Waals surface area contributed by atoms with Crippen molar-refractivity contribution in [2.45, 2.75) is 11.8 Å². The predicted molar refractivity (Wildman–Crippen MR) is 137 cm³/mol. The van der Waals surface area contributed by atoms with Crippen LogP contribution in [-0.2, 0) is 11.3 Å². The van der Waals surface area contributed by atoms with E-state index >= 15 is 0 Å². The SMILES string of the molecule is CSc1ncc(Br)c(C(=O)NCCN(Nc2c(Cl)cccc2Cl)C(=O)OCc2ccccc2)n1. The van der Waals surface area contributed by atoms with Crippen LogP contribution < -0.4 is 10.7 Å². The van der Waals surface area contributed by atoms with E-state index < -0.39 is 12.0 Å². The highest BCUT2D eigenvalue weighted by atomic mass is 79.9. The first-order valence-electron chi connectivity index (χ1n) is 9.92. The lowest BCUT2D eigenvalue weighted by Crippen LogP contribution is -2.42. The summed E-state index contributed by atoms with van der Waals surface area (Å²) in [6.45, 7) is 0.226. The van der Waals surface area contributed by atoms with E-state index in [-0.39, 0.29) is 25.4 Å². The van der Waals surface area contributed by atoms with Gasteiger partial charge in [-0.1, -0.05) is 71.4 Å². The van der Waals surface area contributed by atoms with Gasteiger partial charge in [-0.3, -0.25) is 10.2 Å². The van der Waals surface area contributed by atoms with Crippen LogP contribution in [0.4, 0.5) is 10.5 Å². The first kappa shape index (κ1) is 26.1. The average molecular weight is 585 g/mol. The number of ether oxygens (including phenoxy) is 1. The number of carbonyl (C=O) groups is 2. The van der Waals surface area contributed by atoms with Crippen molar-refractivity contribution >= 4 is 68.6 Å². The van der Waals surface area contributed by atoms with Gasteiger partial charge >= 0.3 is 6.09 Å². The second-order valence-corrected chi connectivity index (χ2v) is 9.15. The van der Waals surface area contributed by atoms with Crippen molar-refractivity contribution in [3.05, 3.63) is 80.5 Å². The number of amides is 2. The quantitative estimate of drug-likeness (QED) is 0.190. The number of thioether (sulfide) groups is 1. The minimum atomic E-state index is -0.665. The standard InChI is InChI=1S/C22H20BrCl2N5O3S/c1-34-21-27-12-15(23)18(28-21)20(31)26-10-11-30(29-19-16(24)8-5-9-17(19)25)22(32)33-13-14-6-3-2-4-7-14/h2-9,12,29H,10-11,13H2,1H3,(H,26,31). The van der Waals surface area contributed by atoms with Gasteiger partial charge in [0.15, 0.2) is 5.16 Å². The first-order chi connectivity index (χ1) is 16.4. The molecule has 34 heavy (non-hydrogen) atoms. The molecule has 2 aromatic carbocycles. The number of anilines is 1. The molecule has 8 nitrogen and oxygen atoms in total. The Morgan fingerprint density at radius 2 is 1.82 bits per heavy atom. The molecule has 2 N–H and O–H groups in total. The molecule has 0 aliphatic heterocycles. The first-order valence-corrected chi connectivity index (χ1v) is 12.7. The van der Waals surface area contributed by atoms with Crippen LogP contribution in [0.1, 0.15) is 16.1 Å². The molecule has 0 aliphatic carbocycles. The van der Waals surface area contributed by atoms with Gasteiger partial charge in [0.1, 0.15) is 12.3 Å².